The Hall–Kier alpha value is -0.850. The van der Waals surface area contributed by atoms with E-state index in [9.17, 15) is 0 Å². The molecule has 0 saturated carbocycles. The topological polar surface area (TPSA) is 12.9 Å². The van der Waals surface area contributed by atoms with Gasteiger partial charge < -0.3 is 0 Å². The summed E-state index contributed by atoms with van der Waals surface area (Å²) in [6.45, 7) is 10.5. The third kappa shape index (κ3) is 4.96. The van der Waals surface area contributed by atoms with Gasteiger partial charge in [0, 0.05) is 11.4 Å². The maximum Gasteiger partial charge on any atom is 0.0435 e. The Balaban J connectivity index is 0.000000921. The molecule has 0 aliphatic heterocycles. The van der Waals surface area contributed by atoms with E-state index in [4.69, 9.17) is 0 Å². The quantitative estimate of drug-likeness (QED) is 0.716. The summed E-state index contributed by atoms with van der Waals surface area (Å²) in [5, 5.41) is 0. The van der Waals surface area contributed by atoms with Crippen molar-refractivity contribution in [3.8, 4) is 0 Å². The summed E-state index contributed by atoms with van der Waals surface area (Å²) in [5.41, 5.74) is 3.87. The average molecular weight is 207 g/mol. The van der Waals surface area contributed by atoms with Crippen LogP contribution in [0.25, 0.3) is 0 Å². The van der Waals surface area contributed by atoms with E-state index in [1.807, 2.05) is 13.8 Å². The van der Waals surface area contributed by atoms with Gasteiger partial charge in [-0.25, -0.2) is 0 Å². The minimum absolute atomic E-state index is 1.11. The molecule has 15 heavy (non-hydrogen) atoms. The molecule has 1 heterocycles. The highest BCUT2D eigenvalue weighted by molar-refractivity contribution is 5.21. The first-order valence-electron chi connectivity index (χ1n) is 6.23. The van der Waals surface area contributed by atoms with Crippen LogP contribution < -0.4 is 0 Å². The lowest BCUT2D eigenvalue weighted by molar-refractivity contribution is 0.823. The van der Waals surface area contributed by atoms with Crippen LogP contribution in [0, 0.1) is 6.92 Å². The van der Waals surface area contributed by atoms with Gasteiger partial charge in [-0.3, -0.25) is 4.98 Å². The second-order valence-electron chi connectivity index (χ2n) is 3.57. The minimum atomic E-state index is 1.11. The lowest BCUT2D eigenvalue weighted by atomic mass is 10.1. The summed E-state index contributed by atoms with van der Waals surface area (Å²) in [6.07, 6.45) is 4.59. The molecule has 0 unspecified atom stereocenters. The molecular formula is C14H25N. The van der Waals surface area contributed by atoms with Crippen LogP contribution in [0.15, 0.2) is 12.1 Å². The van der Waals surface area contributed by atoms with Crippen molar-refractivity contribution in [3.05, 3.63) is 29.1 Å². The number of aryl methyl sites for hydroxylation is 3. The van der Waals surface area contributed by atoms with Crippen LogP contribution in [0.4, 0.5) is 0 Å². The van der Waals surface area contributed by atoms with Crippen LogP contribution in [0.2, 0.25) is 0 Å². The summed E-state index contributed by atoms with van der Waals surface area (Å²) >= 11 is 0. The van der Waals surface area contributed by atoms with Gasteiger partial charge in [-0.1, -0.05) is 46.6 Å². The van der Waals surface area contributed by atoms with Gasteiger partial charge in [0.25, 0.3) is 0 Å². The Labute approximate surface area is 94.9 Å². The van der Waals surface area contributed by atoms with Gasteiger partial charge in [-0.2, -0.15) is 0 Å². The zero-order valence-corrected chi connectivity index (χ0v) is 10.9. The van der Waals surface area contributed by atoms with Crippen LogP contribution >= 0.6 is 0 Å². The van der Waals surface area contributed by atoms with Crippen molar-refractivity contribution < 1.29 is 0 Å². The zero-order chi connectivity index (χ0) is 11.7. The van der Waals surface area contributed by atoms with Crippen molar-refractivity contribution in [1.82, 2.24) is 4.98 Å². The maximum atomic E-state index is 4.65. The highest BCUT2D eigenvalue weighted by atomic mass is 14.7. The molecule has 0 fully saturated rings. The van der Waals surface area contributed by atoms with Crippen LogP contribution in [-0.2, 0) is 12.8 Å². The van der Waals surface area contributed by atoms with Crippen LogP contribution in [0.1, 0.15) is 57.5 Å². The van der Waals surface area contributed by atoms with Crippen LogP contribution in [-0.4, -0.2) is 4.98 Å². The van der Waals surface area contributed by atoms with Crippen molar-refractivity contribution in [3.63, 3.8) is 0 Å². The summed E-state index contributed by atoms with van der Waals surface area (Å²) < 4.78 is 0. The summed E-state index contributed by atoms with van der Waals surface area (Å²) in [7, 11) is 0. The Morgan fingerprint density at radius 3 is 2.13 bits per heavy atom. The molecule has 0 bridgehead atoms. The zero-order valence-electron chi connectivity index (χ0n) is 10.9. The van der Waals surface area contributed by atoms with Gasteiger partial charge in [0.15, 0.2) is 0 Å². The molecule has 0 radical (unpaired) electrons. The van der Waals surface area contributed by atoms with Crippen molar-refractivity contribution in [2.24, 2.45) is 0 Å². The van der Waals surface area contributed by atoms with E-state index in [1.54, 1.807) is 0 Å². The predicted octanol–water partition coefficient (Wildman–Crippen LogP) is 4.32. The fourth-order valence-corrected chi connectivity index (χ4v) is 1.50. The average Bonchev–Trinajstić information content (AvgIpc) is 2.27. The number of hydrogen-bond acceptors (Lipinski definition) is 1. The number of pyridine rings is 1. The summed E-state index contributed by atoms with van der Waals surface area (Å²) in [4.78, 5) is 4.65. The number of nitrogens with zero attached hydrogens (tertiary/aromatic N) is 1. The monoisotopic (exact) mass is 207 g/mol. The lowest BCUT2D eigenvalue weighted by Gasteiger charge is -2.05. The molecule has 0 N–H and O–H groups in total. The SMILES string of the molecule is CC.CCCc1ccc(C)c(CCC)n1. The first-order chi connectivity index (χ1) is 7.27. The molecule has 1 heteroatoms. The first-order valence-corrected chi connectivity index (χ1v) is 6.23. The third-order valence-corrected chi connectivity index (χ3v) is 2.25. The molecule has 1 nitrogen and oxygen atoms in total. The minimum Gasteiger partial charge on any atom is -0.258 e. The van der Waals surface area contributed by atoms with Crippen LogP contribution in [0.3, 0.4) is 0 Å². The maximum absolute atomic E-state index is 4.65. The van der Waals surface area contributed by atoms with Gasteiger partial charge in [-0.15, -0.1) is 0 Å². The van der Waals surface area contributed by atoms with E-state index in [0.29, 0.717) is 0 Å². The molecule has 1 aromatic rings. The summed E-state index contributed by atoms with van der Waals surface area (Å²) in [5.74, 6) is 0. The number of hydrogen-bond donors (Lipinski definition) is 0. The van der Waals surface area contributed by atoms with Gasteiger partial charge in [-0.05, 0) is 31.4 Å². The van der Waals surface area contributed by atoms with Gasteiger partial charge in [0.1, 0.15) is 0 Å². The number of rotatable bonds is 4. The first kappa shape index (κ1) is 14.2. The largest absolute Gasteiger partial charge is 0.258 e. The van der Waals surface area contributed by atoms with Crippen LogP contribution in [0.5, 0.6) is 0 Å². The summed E-state index contributed by atoms with van der Waals surface area (Å²) in [6, 6.07) is 4.35. The van der Waals surface area contributed by atoms with Crippen molar-refractivity contribution in [1.29, 1.82) is 0 Å². The second kappa shape index (κ2) is 8.46. The number of aromatic nitrogens is 1. The molecule has 0 aliphatic rings. The molecule has 0 saturated heterocycles. The highest BCUT2D eigenvalue weighted by Gasteiger charge is 2.00. The fourth-order valence-electron chi connectivity index (χ4n) is 1.50. The molecule has 86 valence electrons. The van der Waals surface area contributed by atoms with E-state index in [0.717, 1.165) is 12.8 Å². The van der Waals surface area contributed by atoms with Gasteiger partial charge in [0.05, 0.1) is 0 Å². The van der Waals surface area contributed by atoms with E-state index in [2.05, 4.69) is 37.9 Å². The normalized spacial score (nSPS) is 9.40. The molecular weight excluding hydrogens is 182 g/mol. The van der Waals surface area contributed by atoms with E-state index in [1.165, 1.54) is 29.8 Å². The van der Waals surface area contributed by atoms with E-state index in [-0.39, 0.29) is 0 Å². The molecule has 0 spiro atoms. The Kier molecular flexibility index (Phi) is 7.98. The molecule has 1 aromatic heterocycles. The second-order valence-corrected chi connectivity index (χ2v) is 3.57. The molecule has 0 aliphatic carbocycles. The highest BCUT2D eigenvalue weighted by Crippen LogP contribution is 2.09. The van der Waals surface area contributed by atoms with Gasteiger partial charge >= 0.3 is 0 Å². The molecule has 0 amide bonds. The van der Waals surface area contributed by atoms with E-state index < -0.39 is 0 Å². The van der Waals surface area contributed by atoms with Crippen molar-refractivity contribution in [2.75, 3.05) is 0 Å². The van der Waals surface area contributed by atoms with E-state index >= 15 is 0 Å². The Morgan fingerprint density at radius 2 is 1.60 bits per heavy atom. The third-order valence-electron chi connectivity index (χ3n) is 2.25. The Morgan fingerprint density at radius 1 is 1.00 bits per heavy atom. The smallest absolute Gasteiger partial charge is 0.0435 e. The standard InChI is InChI=1S/C12H19N.C2H6/c1-4-6-11-9-8-10(3)12(13-11)7-5-2;1-2/h8-9H,4-7H2,1-3H3;1-2H3. The van der Waals surface area contributed by atoms with Crippen molar-refractivity contribution >= 4 is 0 Å². The Bertz CT molecular complexity index is 266. The van der Waals surface area contributed by atoms with Crippen molar-refractivity contribution in [2.45, 2.75) is 60.3 Å². The molecule has 0 atom stereocenters. The fraction of sp³-hybridized carbons (Fsp3) is 0.643. The van der Waals surface area contributed by atoms with Gasteiger partial charge in [0.2, 0.25) is 0 Å². The molecule has 0 aromatic carbocycles. The predicted molar refractivity (Wildman–Crippen MR) is 68.3 cm³/mol. The lowest BCUT2D eigenvalue weighted by Crippen LogP contribution is -1.98. The molecule has 1 rings (SSSR count).